The molecule has 2 N–H and O–H groups in total. The Kier molecular flexibility index (Phi) is 3.16. The summed E-state index contributed by atoms with van der Waals surface area (Å²) in [6.07, 6.45) is 5.46. The van der Waals surface area contributed by atoms with Crippen molar-refractivity contribution in [3.05, 3.63) is 0 Å². The summed E-state index contributed by atoms with van der Waals surface area (Å²) in [5, 5.41) is 6.68. The molecular formula is C8H20N2. The second-order valence-corrected chi connectivity index (χ2v) is 3.07. The molecule has 0 spiro atoms. The summed E-state index contributed by atoms with van der Waals surface area (Å²) >= 11 is 0. The third-order valence-corrected chi connectivity index (χ3v) is 2.51. The van der Waals surface area contributed by atoms with Crippen molar-refractivity contribution in [3.8, 4) is 0 Å². The van der Waals surface area contributed by atoms with Gasteiger partial charge in [-0.25, -0.2) is 0 Å². The number of hydrogen-bond acceptors (Lipinski definition) is 2. The summed E-state index contributed by atoms with van der Waals surface area (Å²) < 4.78 is 0. The monoisotopic (exact) mass is 144 g/mol. The van der Waals surface area contributed by atoms with Crippen LogP contribution >= 0.6 is 0 Å². The lowest BCUT2D eigenvalue weighted by molar-refractivity contribution is 0.309. The second kappa shape index (κ2) is 3.94. The lowest BCUT2D eigenvalue weighted by Gasteiger charge is -2.30. The zero-order valence-electron chi connectivity index (χ0n) is 6.98. The summed E-state index contributed by atoms with van der Waals surface area (Å²) in [6, 6.07) is 1.41. The minimum atomic E-state index is 0. The van der Waals surface area contributed by atoms with Gasteiger partial charge < -0.3 is 10.6 Å². The van der Waals surface area contributed by atoms with Crippen LogP contribution in [-0.2, 0) is 0 Å². The van der Waals surface area contributed by atoms with Gasteiger partial charge >= 0.3 is 0 Å². The van der Waals surface area contributed by atoms with Gasteiger partial charge in [-0.1, -0.05) is 12.8 Å². The largest absolute Gasteiger partial charge is 0.315 e. The van der Waals surface area contributed by atoms with E-state index in [0.29, 0.717) is 12.1 Å². The SMILES string of the molecule is CN[C@H]1CCCC[C@@H]1NC.[HH]. The maximum atomic E-state index is 3.34. The van der Waals surface area contributed by atoms with E-state index in [9.17, 15) is 0 Å². The van der Waals surface area contributed by atoms with Gasteiger partial charge in [-0.2, -0.15) is 0 Å². The van der Waals surface area contributed by atoms with E-state index in [1.54, 1.807) is 0 Å². The van der Waals surface area contributed by atoms with E-state index in [1.165, 1.54) is 25.7 Å². The van der Waals surface area contributed by atoms with Crippen molar-refractivity contribution in [2.24, 2.45) is 0 Å². The Morgan fingerprint density at radius 1 is 1.00 bits per heavy atom. The molecule has 2 nitrogen and oxygen atoms in total. The van der Waals surface area contributed by atoms with Gasteiger partial charge in [0, 0.05) is 13.5 Å². The fourth-order valence-corrected chi connectivity index (χ4v) is 1.82. The molecular weight excluding hydrogens is 124 g/mol. The van der Waals surface area contributed by atoms with Crippen molar-refractivity contribution in [2.75, 3.05) is 14.1 Å². The lowest BCUT2D eigenvalue weighted by atomic mass is 9.91. The first-order chi connectivity index (χ1) is 4.88. The summed E-state index contributed by atoms with van der Waals surface area (Å²) in [6.45, 7) is 0. The van der Waals surface area contributed by atoms with Crippen LogP contribution in [0.25, 0.3) is 0 Å². The Hall–Kier alpha value is -0.0800. The van der Waals surface area contributed by atoms with Crippen LogP contribution in [0.5, 0.6) is 0 Å². The van der Waals surface area contributed by atoms with Gasteiger partial charge in [-0.3, -0.25) is 0 Å². The van der Waals surface area contributed by atoms with Crippen molar-refractivity contribution in [3.63, 3.8) is 0 Å². The summed E-state index contributed by atoms with van der Waals surface area (Å²) in [5.74, 6) is 0. The van der Waals surface area contributed by atoms with E-state index in [1.807, 2.05) is 0 Å². The minimum absolute atomic E-state index is 0. The van der Waals surface area contributed by atoms with Gasteiger partial charge in [0.1, 0.15) is 0 Å². The number of likely N-dealkylation sites (N-methyl/N-ethyl adjacent to an activating group) is 2. The standard InChI is InChI=1S/C8H18N2.H2/c1-9-7-5-3-4-6-8(7)10-2;/h7-10H,3-6H2,1-2H3;1H/t7-,8-;/m0./s1. The Labute approximate surface area is 64.9 Å². The average Bonchev–Trinajstić information content (AvgIpc) is 2.04. The van der Waals surface area contributed by atoms with E-state index in [2.05, 4.69) is 24.7 Å². The van der Waals surface area contributed by atoms with Crippen LogP contribution in [0, 0.1) is 0 Å². The average molecular weight is 144 g/mol. The third-order valence-electron chi connectivity index (χ3n) is 2.51. The molecule has 0 aromatic heterocycles. The first kappa shape index (κ1) is 8.02. The van der Waals surface area contributed by atoms with E-state index in [-0.39, 0.29) is 1.43 Å². The van der Waals surface area contributed by atoms with Crippen molar-refractivity contribution < 1.29 is 1.43 Å². The molecule has 1 aliphatic rings. The highest BCUT2D eigenvalue weighted by molar-refractivity contribution is 4.83. The fraction of sp³-hybridized carbons (Fsp3) is 1.00. The van der Waals surface area contributed by atoms with Gasteiger partial charge in [0.15, 0.2) is 0 Å². The minimum Gasteiger partial charge on any atom is -0.315 e. The molecule has 1 rings (SSSR count). The maximum Gasteiger partial charge on any atom is 0.0218 e. The number of hydrogen-bond donors (Lipinski definition) is 2. The molecule has 0 aromatic rings. The van der Waals surface area contributed by atoms with Gasteiger partial charge in [-0.15, -0.1) is 0 Å². The third kappa shape index (κ3) is 1.70. The zero-order chi connectivity index (χ0) is 7.40. The Morgan fingerprint density at radius 3 is 1.70 bits per heavy atom. The topological polar surface area (TPSA) is 24.1 Å². The molecule has 0 bridgehead atoms. The highest BCUT2D eigenvalue weighted by Gasteiger charge is 2.21. The normalized spacial score (nSPS) is 34.2. The van der Waals surface area contributed by atoms with Crippen LogP contribution in [-0.4, -0.2) is 26.2 Å². The highest BCUT2D eigenvalue weighted by Crippen LogP contribution is 2.17. The predicted octanol–water partition coefficient (Wildman–Crippen LogP) is 0.982. The molecule has 0 amide bonds. The van der Waals surface area contributed by atoms with Crippen LogP contribution < -0.4 is 10.6 Å². The van der Waals surface area contributed by atoms with Gasteiger partial charge in [-0.05, 0) is 26.9 Å². The first-order valence-corrected chi connectivity index (χ1v) is 4.23. The highest BCUT2D eigenvalue weighted by atomic mass is 15.0. The van der Waals surface area contributed by atoms with E-state index >= 15 is 0 Å². The quantitative estimate of drug-likeness (QED) is 0.604. The van der Waals surface area contributed by atoms with Gasteiger partial charge in [0.25, 0.3) is 0 Å². The smallest absolute Gasteiger partial charge is 0.0218 e. The first-order valence-electron chi connectivity index (χ1n) is 4.23. The van der Waals surface area contributed by atoms with E-state index in [4.69, 9.17) is 0 Å². The molecule has 2 atom stereocenters. The van der Waals surface area contributed by atoms with Crippen LogP contribution in [0.4, 0.5) is 0 Å². The van der Waals surface area contributed by atoms with Crippen LogP contribution in [0.2, 0.25) is 0 Å². The fourth-order valence-electron chi connectivity index (χ4n) is 1.82. The van der Waals surface area contributed by atoms with E-state index < -0.39 is 0 Å². The summed E-state index contributed by atoms with van der Waals surface area (Å²) in [7, 11) is 4.11. The molecule has 62 valence electrons. The number of rotatable bonds is 2. The molecule has 1 aliphatic carbocycles. The lowest BCUT2D eigenvalue weighted by Crippen LogP contribution is -2.47. The Bertz CT molecular complexity index is 86.1. The Morgan fingerprint density at radius 2 is 1.40 bits per heavy atom. The van der Waals surface area contributed by atoms with Crippen molar-refractivity contribution in [1.29, 1.82) is 0 Å². The van der Waals surface area contributed by atoms with Gasteiger partial charge in [0.2, 0.25) is 0 Å². The summed E-state index contributed by atoms with van der Waals surface area (Å²) in [4.78, 5) is 0. The molecule has 0 saturated heterocycles. The molecule has 1 fully saturated rings. The van der Waals surface area contributed by atoms with Crippen molar-refractivity contribution in [1.82, 2.24) is 10.6 Å². The zero-order valence-corrected chi connectivity index (χ0v) is 6.98. The molecule has 1 saturated carbocycles. The van der Waals surface area contributed by atoms with Crippen LogP contribution in [0.15, 0.2) is 0 Å². The molecule has 0 aliphatic heterocycles. The Balaban J connectivity index is 0.000001000. The molecule has 2 heteroatoms. The molecule has 10 heavy (non-hydrogen) atoms. The van der Waals surface area contributed by atoms with Crippen LogP contribution in [0.1, 0.15) is 27.1 Å². The predicted molar refractivity (Wildman–Crippen MR) is 46.3 cm³/mol. The molecule has 0 radical (unpaired) electrons. The van der Waals surface area contributed by atoms with Crippen LogP contribution in [0.3, 0.4) is 0 Å². The second-order valence-electron chi connectivity index (χ2n) is 3.07. The molecule has 0 unspecified atom stereocenters. The van der Waals surface area contributed by atoms with Crippen molar-refractivity contribution >= 4 is 0 Å². The van der Waals surface area contributed by atoms with Crippen molar-refractivity contribution in [2.45, 2.75) is 37.8 Å². The summed E-state index contributed by atoms with van der Waals surface area (Å²) in [5.41, 5.74) is 0. The molecule has 0 aromatic carbocycles. The van der Waals surface area contributed by atoms with Gasteiger partial charge in [0.05, 0.1) is 0 Å². The van der Waals surface area contributed by atoms with E-state index in [0.717, 1.165) is 0 Å². The maximum absolute atomic E-state index is 3.34. The number of nitrogens with one attached hydrogen (secondary N) is 2. The molecule has 0 heterocycles.